The largest absolute Gasteiger partial charge is 0.393 e. The monoisotopic (exact) mass is 255 g/mol. The number of thiazole rings is 1. The van der Waals surface area contributed by atoms with Crippen molar-refractivity contribution >= 4 is 28.3 Å². The lowest BCUT2D eigenvalue weighted by Gasteiger charge is -2.31. The number of anilines is 1. The highest BCUT2D eigenvalue weighted by Crippen LogP contribution is 2.20. The van der Waals surface area contributed by atoms with Gasteiger partial charge in [0.1, 0.15) is 5.69 Å². The van der Waals surface area contributed by atoms with E-state index in [2.05, 4.69) is 15.6 Å². The second kappa shape index (κ2) is 4.80. The molecule has 1 aliphatic rings. The third kappa shape index (κ3) is 3.01. The first-order chi connectivity index (χ1) is 8.04. The summed E-state index contributed by atoms with van der Waals surface area (Å²) >= 11 is 1.21. The first kappa shape index (κ1) is 12.0. The van der Waals surface area contributed by atoms with Crippen molar-refractivity contribution in [2.75, 3.05) is 5.32 Å². The van der Waals surface area contributed by atoms with Gasteiger partial charge in [-0.2, -0.15) is 0 Å². The van der Waals surface area contributed by atoms with Crippen molar-refractivity contribution in [1.82, 2.24) is 10.3 Å². The number of amides is 2. The minimum Gasteiger partial charge on any atom is -0.393 e. The summed E-state index contributed by atoms with van der Waals surface area (Å²) in [6.07, 6.45) is 0.883. The van der Waals surface area contributed by atoms with Gasteiger partial charge in [0, 0.05) is 18.3 Å². The Kier molecular flexibility index (Phi) is 3.39. The molecule has 1 aromatic heterocycles. The van der Waals surface area contributed by atoms with Gasteiger partial charge < -0.3 is 15.7 Å². The summed E-state index contributed by atoms with van der Waals surface area (Å²) in [4.78, 5) is 26.5. The quantitative estimate of drug-likeness (QED) is 0.727. The fourth-order valence-electron chi connectivity index (χ4n) is 1.55. The van der Waals surface area contributed by atoms with Crippen molar-refractivity contribution in [3.05, 3.63) is 11.1 Å². The Balaban J connectivity index is 1.90. The number of aliphatic hydroxyl groups is 1. The number of rotatable bonds is 3. The van der Waals surface area contributed by atoms with Crippen molar-refractivity contribution < 1.29 is 14.7 Å². The van der Waals surface area contributed by atoms with E-state index in [9.17, 15) is 9.59 Å². The van der Waals surface area contributed by atoms with Gasteiger partial charge >= 0.3 is 0 Å². The maximum atomic E-state index is 11.7. The Morgan fingerprint density at radius 2 is 2.24 bits per heavy atom. The van der Waals surface area contributed by atoms with E-state index in [1.165, 1.54) is 18.3 Å². The molecule has 0 saturated heterocycles. The molecule has 1 heterocycles. The second-order valence-corrected chi connectivity index (χ2v) is 4.87. The summed E-state index contributed by atoms with van der Waals surface area (Å²) < 4.78 is 0. The van der Waals surface area contributed by atoms with Gasteiger partial charge in [0.05, 0.1) is 6.10 Å². The smallest absolute Gasteiger partial charge is 0.271 e. The highest BCUT2D eigenvalue weighted by atomic mass is 32.1. The summed E-state index contributed by atoms with van der Waals surface area (Å²) in [7, 11) is 0. The Hall–Kier alpha value is -1.47. The number of nitrogens with one attached hydrogen (secondary N) is 2. The summed E-state index contributed by atoms with van der Waals surface area (Å²) in [6.45, 7) is 1.39. The molecule has 0 radical (unpaired) electrons. The lowest BCUT2D eigenvalue weighted by molar-refractivity contribution is -0.114. The van der Waals surface area contributed by atoms with E-state index in [0.717, 1.165) is 0 Å². The molecular formula is C10H13N3O3S. The van der Waals surface area contributed by atoms with E-state index < -0.39 is 0 Å². The molecular weight excluding hydrogens is 242 g/mol. The molecule has 1 aromatic rings. The number of hydrogen-bond acceptors (Lipinski definition) is 5. The van der Waals surface area contributed by atoms with E-state index in [1.54, 1.807) is 5.38 Å². The summed E-state index contributed by atoms with van der Waals surface area (Å²) in [6, 6.07) is 0.0309. The van der Waals surface area contributed by atoms with Gasteiger partial charge in [-0.25, -0.2) is 4.98 Å². The topological polar surface area (TPSA) is 91.3 Å². The number of hydrogen-bond donors (Lipinski definition) is 3. The number of nitrogens with zero attached hydrogens (tertiary/aromatic N) is 1. The fourth-order valence-corrected chi connectivity index (χ4v) is 2.29. The highest BCUT2D eigenvalue weighted by molar-refractivity contribution is 7.14. The molecule has 7 heteroatoms. The van der Waals surface area contributed by atoms with Gasteiger partial charge in [0.25, 0.3) is 5.91 Å². The highest BCUT2D eigenvalue weighted by Gasteiger charge is 2.29. The molecule has 1 aliphatic carbocycles. The molecule has 6 nitrogen and oxygen atoms in total. The van der Waals surface area contributed by atoms with Crippen molar-refractivity contribution in [2.24, 2.45) is 0 Å². The second-order valence-electron chi connectivity index (χ2n) is 4.01. The molecule has 2 amide bonds. The van der Waals surface area contributed by atoms with Crippen LogP contribution in [-0.4, -0.2) is 34.1 Å². The first-order valence-corrected chi connectivity index (χ1v) is 6.14. The maximum absolute atomic E-state index is 11.7. The predicted molar refractivity (Wildman–Crippen MR) is 62.9 cm³/mol. The molecule has 0 aromatic carbocycles. The molecule has 2 rings (SSSR count). The minimum atomic E-state index is -0.300. The molecule has 92 valence electrons. The summed E-state index contributed by atoms with van der Waals surface area (Å²) in [5.41, 5.74) is 0.292. The molecule has 0 unspecified atom stereocenters. The van der Waals surface area contributed by atoms with Crippen LogP contribution < -0.4 is 10.6 Å². The van der Waals surface area contributed by atoms with Crippen LogP contribution in [0.15, 0.2) is 5.38 Å². The Bertz CT molecular complexity index is 440. The molecule has 3 N–H and O–H groups in total. The lowest BCUT2D eigenvalue weighted by Crippen LogP contribution is -2.46. The van der Waals surface area contributed by atoms with E-state index >= 15 is 0 Å². The van der Waals surface area contributed by atoms with E-state index in [4.69, 9.17) is 5.11 Å². The summed E-state index contributed by atoms with van der Waals surface area (Å²) in [5.74, 6) is -0.483. The normalized spacial score (nSPS) is 22.7. The van der Waals surface area contributed by atoms with Gasteiger partial charge in [-0.15, -0.1) is 11.3 Å². The average molecular weight is 255 g/mol. The van der Waals surface area contributed by atoms with Gasteiger partial charge in [0.15, 0.2) is 5.13 Å². The third-order valence-corrected chi connectivity index (χ3v) is 3.23. The fraction of sp³-hybridized carbons (Fsp3) is 0.500. The molecule has 1 saturated carbocycles. The number of carbonyl (C=O) groups excluding carboxylic acids is 2. The molecule has 0 bridgehead atoms. The number of aliphatic hydroxyl groups excluding tert-OH is 1. The Morgan fingerprint density at radius 3 is 2.82 bits per heavy atom. The zero-order chi connectivity index (χ0) is 12.4. The zero-order valence-electron chi connectivity index (χ0n) is 9.27. The van der Waals surface area contributed by atoms with Crippen LogP contribution in [-0.2, 0) is 4.79 Å². The Morgan fingerprint density at radius 1 is 1.53 bits per heavy atom. The van der Waals surface area contributed by atoms with Gasteiger partial charge in [-0.1, -0.05) is 0 Å². The van der Waals surface area contributed by atoms with Crippen LogP contribution in [0.5, 0.6) is 0 Å². The van der Waals surface area contributed by atoms with Crippen LogP contribution in [0.25, 0.3) is 0 Å². The van der Waals surface area contributed by atoms with Gasteiger partial charge in [0.2, 0.25) is 5.91 Å². The molecule has 17 heavy (non-hydrogen) atoms. The SMILES string of the molecule is CC(=O)Nc1nc(C(=O)NC2CC(O)C2)cs1. The lowest BCUT2D eigenvalue weighted by atomic mass is 9.89. The Labute approximate surface area is 102 Å². The van der Waals surface area contributed by atoms with Crippen molar-refractivity contribution in [2.45, 2.75) is 31.9 Å². The van der Waals surface area contributed by atoms with Crippen LogP contribution in [0.3, 0.4) is 0 Å². The van der Waals surface area contributed by atoms with Gasteiger partial charge in [-0.05, 0) is 12.8 Å². The summed E-state index contributed by atoms with van der Waals surface area (Å²) in [5, 5.41) is 16.4. The maximum Gasteiger partial charge on any atom is 0.271 e. The first-order valence-electron chi connectivity index (χ1n) is 5.26. The van der Waals surface area contributed by atoms with Gasteiger partial charge in [-0.3, -0.25) is 9.59 Å². The van der Waals surface area contributed by atoms with Crippen LogP contribution in [0.1, 0.15) is 30.3 Å². The zero-order valence-corrected chi connectivity index (χ0v) is 10.1. The number of aromatic nitrogens is 1. The standard InChI is InChI=1S/C10H13N3O3S/c1-5(14)11-10-13-8(4-17-10)9(16)12-6-2-7(15)3-6/h4,6-7,15H,2-3H2,1H3,(H,12,16)(H,11,13,14). The number of carbonyl (C=O) groups is 2. The van der Waals surface area contributed by atoms with Crippen LogP contribution in [0, 0.1) is 0 Å². The van der Waals surface area contributed by atoms with Crippen molar-refractivity contribution in [1.29, 1.82) is 0 Å². The molecule has 1 fully saturated rings. The van der Waals surface area contributed by atoms with Crippen molar-refractivity contribution in [3.63, 3.8) is 0 Å². The van der Waals surface area contributed by atoms with E-state index in [0.29, 0.717) is 23.7 Å². The minimum absolute atomic E-state index is 0.0309. The van der Waals surface area contributed by atoms with E-state index in [1.807, 2.05) is 0 Å². The van der Waals surface area contributed by atoms with Crippen LogP contribution in [0.4, 0.5) is 5.13 Å². The molecule has 0 aliphatic heterocycles. The third-order valence-electron chi connectivity index (χ3n) is 2.47. The predicted octanol–water partition coefficient (Wildman–Crippen LogP) is 0.355. The van der Waals surface area contributed by atoms with Crippen molar-refractivity contribution in [3.8, 4) is 0 Å². The molecule has 0 spiro atoms. The average Bonchev–Trinajstić information content (AvgIpc) is 2.62. The van der Waals surface area contributed by atoms with Crippen LogP contribution >= 0.6 is 11.3 Å². The molecule has 0 atom stereocenters. The van der Waals surface area contributed by atoms with Crippen LogP contribution in [0.2, 0.25) is 0 Å². The van der Waals surface area contributed by atoms with E-state index in [-0.39, 0.29) is 24.0 Å².